The molecule has 3 heterocycles. The Balaban J connectivity index is 1.93. The quantitative estimate of drug-likeness (QED) is 0.530. The molecule has 33 heavy (non-hydrogen) atoms. The lowest BCUT2D eigenvalue weighted by atomic mass is 10.1. The number of nitrogens with zero attached hydrogens (tertiary/aromatic N) is 5. The summed E-state index contributed by atoms with van der Waals surface area (Å²) in [5.41, 5.74) is -0.287. The van der Waals surface area contributed by atoms with Gasteiger partial charge in [0.2, 0.25) is 0 Å². The summed E-state index contributed by atoms with van der Waals surface area (Å²) in [5, 5.41) is 11.2. The van der Waals surface area contributed by atoms with E-state index in [9.17, 15) is 18.0 Å². The van der Waals surface area contributed by atoms with Crippen molar-refractivity contribution < 1.29 is 22.7 Å². The van der Waals surface area contributed by atoms with Crippen LogP contribution >= 0.6 is 0 Å². The van der Waals surface area contributed by atoms with Crippen LogP contribution < -0.4 is 5.32 Å². The number of nitrogens with one attached hydrogen (secondary N) is 1. The summed E-state index contributed by atoms with van der Waals surface area (Å²) in [6, 6.07) is 2.38. The van der Waals surface area contributed by atoms with Crippen molar-refractivity contribution in [2.45, 2.75) is 71.3 Å². The Morgan fingerprint density at radius 1 is 1.18 bits per heavy atom. The Morgan fingerprint density at radius 2 is 1.88 bits per heavy atom. The molecule has 8 nitrogen and oxygen atoms in total. The van der Waals surface area contributed by atoms with Crippen LogP contribution in [0.5, 0.6) is 0 Å². The minimum atomic E-state index is -4.58. The topological polar surface area (TPSA) is 86.3 Å². The number of carbonyl (C=O) groups is 1. The highest BCUT2D eigenvalue weighted by atomic mass is 19.4. The van der Waals surface area contributed by atoms with Crippen molar-refractivity contribution in [2.75, 3.05) is 6.61 Å². The van der Waals surface area contributed by atoms with Crippen molar-refractivity contribution in [1.29, 1.82) is 0 Å². The normalized spacial score (nSPS) is 13.8. The van der Waals surface area contributed by atoms with Gasteiger partial charge in [-0.1, -0.05) is 13.8 Å². The zero-order valence-electron chi connectivity index (χ0n) is 19.5. The Morgan fingerprint density at radius 3 is 2.48 bits per heavy atom. The minimum Gasteiger partial charge on any atom is -0.364 e. The molecule has 0 bridgehead atoms. The first-order valence-corrected chi connectivity index (χ1v) is 10.7. The van der Waals surface area contributed by atoms with Gasteiger partial charge in [-0.25, -0.2) is 9.50 Å². The average molecular weight is 467 g/mol. The molecular formula is C22H29F3N6O2. The van der Waals surface area contributed by atoms with E-state index >= 15 is 0 Å². The smallest absolute Gasteiger partial charge is 0.364 e. The summed E-state index contributed by atoms with van der Waals surface area (Å²) >= 11 is 0. The number of ether oxygens (including phenoxy) is 1. The van der Waals surface area contributed by atoms with Crippen LogP contribution in [0.25, 0.3) is 5.65 Å². The minimum absolute atomic E-state index is 0.0755. The highest BCUT2D eigenvalue weighted by Gasteiger charge is 2.49. The van der Waals surface area contributed by atoms with Crippen LogP contribution in [-0.4, -0.2) is 48.7 Å². The van der Waals surface area contributed by atoms with Gasteiger partial charge >= 0.3 is 6.18 Å². The van der Waals surface area contributed by atoms with Crippen molar-refractivity contribution >= 4 is 11.6 Å². The number of rotatable bonds is 8. The molecule has 0 fully saturated rings. The summed E-state index contributed by atoms with van der Waals surface area (Å²) in [5.74, 6) is -0.266. The van der Waals surface area contributed by atoms with Crippen LogP contribution in [0.4, 0.5) is 13.2 Å². The van der Waals surface area contributed by atoms with E-state index in [1.165, 1.54) is 15.4 Å². The lowest BCUT2D eigenvalue weighted by molar-refractivity contribution is -0.265. The van der Waals surface area contributed by atoms with E-state index in [0.717, 1.165) is 19.4 Å². The summed E-state index contributed by atoms with van der Waals surface area (Å²) in [7, 11) is 0. The highest BCUT2D eigenvalue weighted by Crippen LogP contribution is 2.33. The first-order chi connectivity index (χ1) is 15.3. The van der Waals surface area contributed by atoms with Gasteiger partial charge in [0.25, 0.3) is 5.91 Å². The maximum Gasteiger partial charge on any atom is 0.416 e. The molecule has 0 saturated heterocycles. The molecule has 0 aliphatic rings. The highest BCUT2D eigenvalue weighted by molar-refractivity contribution is 5.92. The lowest BCUT2D eigenvalue weighted by Gasteiger charge is -2.30. The second kappa shape index (κ2) is 9.12. The van der Waals surface area contributed by atoms with Crippen LogP contribution in [0.1, 0.15) is 81.3 Å². The molecule has 1 atom stereocenters. The Labute approximate surface area is 190 Å². The third-order valence-electron chi connectivity index (χ3n) is 5.37. The number of aromatic nitrogens is 5. The maximum absolute atomic E-state index is 13.3. The number of carbonyl (C=O) groups excluding carboxylic acids is 1. The number of fused-ring (bicyclic) bond motifs is 1. The molecule has 0 aromatic carbocycles. The third kappa shape index (κ3) is 5.35. The molecular weight excluding hydrogens is 437 g/mol. The molecule has 1 unspecified atom stereocenters. The first kappa shape index (κ1) is 24.7. The van der Waals surface area contributed by atoms with E-state index in [2.05, 4.69) is 20.5 Å². The van der Waals surface area contributed by atoms with Crippen LogP contribution in [0.2, 0.25) is 0 Å². The molecule has 180 valence electrons. The van der Waals surface area contributed by atoms with E-state index in [0.29, 0.717) is 11.3 Å². The molecule has 0 aliphatic carbocycles. The molecule has 3 rings (SSSR count). The molecule has 11 heteroatoms. The summed E-state index contributed by atoms with van der Waals surface area (Å²) in [6.07, 6.45) is 0.204. The fourth-order valence-electron chi connectivity index (χ4n) is 3.11. The number of hydrogen-bond acceptors (Lipinski definition) is 5. The standard InChI is InChI=1S/C22H29F3N6O2/c1-13(2)15-9-19-28-16(11-30(19)27-10-15)17(12-33-21(5,6)22(23,24)25)29-20(32)18-7-8-26-31(18)14(3)4/h7-11,13-14,17H,12H2,1-6H3,(H,29,32). The zero-order chi connectivity index (χ0) is 24.6. The SMILES string of the molecule is CC(C)c1cnn2cc(C(COC(C)(C)C(F)(F)F)NC(=O)c3ccnn3C(C)C)nc2c1. The van der Waals surface area contributed by atoms with Gasteiger partial charge in [-0.2, -0.15) is 23.4 Å². The molecule has 3 aromatic rings. The van der Waals surface area contributed by atoms with Crippen molar-refractivity contribution in [2.24, 2.45) is 0 Å². The van der Waals surface area contributed by atoms with Crippen LogP contribution in [0.3, 0.4) is 0 Å². The monoisotopic (exact) mass is 466 g/mol. The molecule has 0 radical (unpaired) electrons. The molecule has 1 amide bonds. The van der Waals surface area contributed by atoms with Crippen LogP contribution in [-0.2, 0) is 4.74 Å². The van der Waals surface area contributed by atoms with Crippen LogP contribution in [0, 0.1) is 0 Å². The second-order valence-electron chi connectivity index (χ2n) is 9.01. The summed E-state index contributed by atoms with van der Waals surface area (Å²) in [6.45, 7) is 9.23. The number of halogens is 3. The molecule has 0 aliphatic heterocycles. The molecule has 0 spiro atoms. The zero-order valence-corrected chi connectivity index (χ0v) is 19.5. The van der Waals surface area contributed by atoms with Crippen LogP contribution in [0.15, 0.2) is 30.7 Å². The average Bonchev–Trinajstić information content (AvgIpc) is 3.36. The van der Waals surface area contributed by atoms with E-state index in [1.807, 2.05) is 33.8 Å². The number of hydrogen-bond donors (Lipinski definition) is 1. The van der Waals surface area contributed by atoms with Gasteiger partial charge in [0.15, 0.2) is 11.2 Å². The van der Waals surface area contributed by atoms with Gasteiger partial charge < -0.3 is 10.1 Å². The van der Waals surface area contributed by atoms with E-state index in [1.54, 1.807) is 18.5 Å². The number of amides is 1. The van der Waals surface area contributed by atoms with Gasteiger partial charge in [-0.05, 0) is 51.3 Å². The predicted molar refractivity (Wildman–Crippen MR) is 116 cm³/mol. The van der Waals surface area contributed by atoms with E-state index in [-0.39, 0.29) is 17.7 Å². The Hall–Kier alpha value is -2.95. The van der Waals surface area contributed by atoms with Gasteiger partial charge in [-0.3, -0.25) is 9.48 Å². The fourth-order valence-corrected chi connectivity index (χ4v) is 3.11. The first-order valence-electron chi connectivity index (χ1n) is 10.7. The number of alkyl halides is 3. The van der Waals surface area contributed by atoms with Crippen molar-refractivity contribution in [3.63, 3.8) is 0 Å². The van der Waals surface area contributed by atoms with Crippen molar-refractivity contribution in [3.8, 4) is 0 Å². The van der Waals surface area contributed by atoms with Gasteiger partial charge in [-0.15, -0.1) is 0 Å². The predicted octanol–water partition coefficient (Wildman–Crippen LogP) is 4.46. The summed E-state index contributed by atoms with van der Waals surface area (Å²) in [4.78, 5) is 17.5. The maximum atomic E-state index is 13.3. The Bertz CT molecular complexity index is 1120. The second-order valence-corrected chi connectivity index (χ2v) is 9.01. The molecule has 0 saturated carbocycles. The largest absolute Gasteiger partial charge is 0.416 e. The number of imidazole rings is 1. The fraction of sp³-hybridized carbons (Fsp3) is 0.545. The third-order valence-corrected chi connectivity index (χ3v) is 5.37. The van der Waals surface area contributed by atoms with Gasteiger partial charge in [0, 0.05) is 12.2 Å². The van der Waals surface area contributed by atoms with E-state index in [4.69, 9.17) is 4.74 Å². The van der Waals surface area contributed by atoms with Crippen molar-refractivity contribution in [3.05, 3.63) is 47.7 Å². The van der Waals surface area contributed by atoms with E-state index < -0.39 is 30.3 Å². The van der Waals surface area contributed by atoms with Crippen molar-refractivity contribution in [1.82, 2.24) is 29.7 Å². The molecule has 1 N–H and O–H groups in total. The van der Waals surface area contributed by atoms with Gasteiger partial charge in [0.05, 0.1) is 30.7 Å². The lowest BCUT2D eigenvalue weighted by Crippen LogP contribution is -2.44. The Kier molecular flexibility index (Phi) is 6.83. The molecule has 3 aromatic heterocycles. The van der Waals surface area contributed by atoms with Gasteiger partial charge in [0.1, 0.15) is 5.69 Å². The summed E-state index contributed by atoms with van der Waals surface area (Å²) < 4.78 is 48.3.